The summed E-state index contributed by atoms with van der Waals surface area (Å²) in [6.45, 7) is 7.40. The van der Waals surface area contributed by atoms with Crippen LogP contribution in [0.15, 0.2) is 46.6 Å². The van der Waals surface area contributed by atoms with Gasteiger partial charge in [0.2, 0.25) is 11.7 Å². The standard InChI is InChI=1S/C23H27N5O2S/c1-15(2)14-27-22(30)21-18(11-12-31-21)28-19(25-26-23(27)28)9-10-20(29)24-13-16(3)17-7-5-4-6-8-17/h4-8,11-12,15-16H,9-10,13-14H2,1-3H3,(H,24,29)/t16-/m1/s1. The number of carbonyl (C=O) groups is 1. The molecule has 0 aliphatic carbocycles. The van der Waals surface area contributed by atoms with Crippen molar-refractivity contribution in [3.8, 4) is 0 Å². The molecule has 0 radical (unpaired) electrons. The van der Waals surface area contributed by atoms with Gasteiger partial charge >= 0.3 is 0 Å². The Morgan fingerprint density at radius 3 is 2.65 bits per heavy atom. The van der Waals surface area contributed by atoms with Gasteiger partial charge in [-0.2, -0.15) is 0 Å². The average Bonchev–Trinajstić information content (AvgIpc) is 3.41. The molecule has 0 unspecified atom stereocenters. The molecule has 3 heterocycles. The normalized spacial score (nSPS) is 12.6. The first kappa shape index (κ1) is 21.2. The van der Waals surface area contributed by atoms with Crippen LogP contribution in [-0.2, 0) is 17.8 Å². The molecule has 7 nitrogen and oxygen atoms in total. The predicted molar refractivity (Wildman–Crippen MR) is 124 cm³/mol. The van der Waals surface area contributed by atoms with Crippen LogP contribution in [0.1, 0.15) is 44.5 Å². The number of amides is 1. The maximum absolute atomic E-state index is 12.9. The van der Waals surface area contributed by atoms with Gasteiger partial charge in [0.05, 0.1) is 5.52 Å². The number of fused-ring (bicyclic) bond motifs is 3. The van der Waals surface area contributed by atoms with Gasteiger partial charge in [0, 0.05) is 25.9 Å². The number of nitrogens with zero attached hydrogens (tertiary/aromatic N) is 4. The highest BCUT2D eigenvalue weighted by molar-refractivity contribution is 7.17. The highest BCUT2D eigenvalue weighted by atomic mass is 32.1. The van der Waals surface area contributed by atoms with Gasteiger partial charge in [-0.25, -0.2) is 0 Å². The number of rotatable bonds is 8. The molecule has 0 aliphatic rings. The van der Waals surface area contributed by atoms with E-state index in [1.54, 1.807) is 4.57 Å². The minimum absolute atomic E-state index is 0.0170. The van der Waals surface area contributed by atoms with Crippen molar-refractivity contribution in [1.82, 2.24) is 24.5 Å². The van der Waals surface area contributed by atoms with E-state index in [1.807, 2.05) is 34.0 Å². The lowest BCUT2D eigenvalue weighted by Crippen LogP contribution is -2.28. The van der Waals surface area contributed by atoms with Crippen LogP contribution >= 0.6 is 11.3 Å². The van der Waals surface area contributed by atoms with Crippen molar-refractivity contribution in [3.05, 3.63) is 63.5 Å². The van der Waals surface area contributed by atoms with E-state index >= 15 is 0 Å². The van der Waals surface area contributed by atoms with E-state index in [2.05, 4.69) is 48.4 Å². The number of thiophene rings is 1. The summed E-state index contributed by atoms with van der Waals surface area (Å²) in [6, 6.07) is 12.1. The first-order chi connectivity index (χ1) is 15.0. The number of aryl methyl sites for hydroxylation is 1. The van der Waals surface area contributed by atoms with Crippen molar-refractivity contribution in [2.24, 2.45) is 5.92 Å². The molecule has 0 saturated carbocycles. The van der Waals surface area contributed by atoms with E-state index in [0.29, 0.717) is 48.2 Å². The van der Waals surface area contributed by atoms with Crippen molar-refractivity contribution in [2.75, 3.05) is 6.54 Å². The highest BCUT2D eigenvalue weighted by Gasteiger charge is 2.18. The zero-order chi connectivity index (χ0) is 22.0. The van der Waals surface area contributed by atoms with Crippen LogP contribution < -0.4 is 10.9 Å². The Morgan fingerprint density at radius 1 is 1.13 bits per heavy atom. The second-order valence-corrected chi connectivity index (χ2v) is 9.23. The molecule has 1 aromatic carbocycles. The molecule has 0 aliphatic heterocycles. The van der Waals surface area contributed by atoms with Gasteiger partial charge in [-0.3, -0.25) is 18.6 Å². The summed E-state index contributed by atoms with van der Waals surface area (Å²) in [7, 11) is 0. The van der Waals surface area contributed by atoms with Gasteiger partial charge in [0.1, 0.15) is 10.5 Å². The number of aromatic nitrogens is 4. The SMILES string of the molecule is CC(C)Cn1c(=O)c2sccc2n2c(CCC(=O)NC[C@@H](C)c3ccccc3)nnc12. The molecule has 8 heteroatoms. The summed E-state index contributed by atoms with van der Waals surface area (Å²) in [5.74, 6) is 1.77. The Balaban J connectivity index is 1.51. The summed E-state index contributed by atoms with van der Waals surface area (Å²) < 4.78 is 4.31. The second kappa shape index (κ2) is 9.01. The molecule has 162 valence electrons. The monoisotopic (exact) mass is 437 g/mol. The molecule has 4 rings (SSSR count). The lowest BCUT2D eigenvalue weighted by atomic mass is 10.0. The largest absolute Gasteiger partial charge is 0.355 e. The fourth-order valence-corrected chi connectivity index (χ4v) is 4.58. The fraction of sp³-hybridized carbons (Fsp3) is 0.391. The van der Waals surface area contributed by atoms with E-state index in [1.165, 1.54) is 16.9 Å². The molecular formula is C23H27N5O2S. The van der Waals surface area contributed by atoms with Gasteiger partial charge in [-0.1, -0.05) is 51.1 Å². The van der Waals surface area contributed by atoms with Crippen LogP contribution in [0.4, 0.5) is 0 Å². The Morgan fingerprint density at radius 2 is 1.90 bits per heavy atom. The van der Waals surface area contributed by atoms with Crippen molar-refractivity contribution < 1.29 is 4.79 Å². The topological polar surface area (TPSA) is 81.3 Å². The van der Waals surface area contributed by atoms with Gasteiger partial charge in [0.25, 0.3) is 5.56 Å². The van der Waals surface area contributed by atoms with Crippen LogP contribution in [0.25, 0.3) is 16.0 Å². The summed E-state index contributed by atoms with van der Waals surface area (Å²) in [6.07, 6.45) is 0.773. The quantitative estimate of drug-likeness (QED) is 0.457. The Bertz CT molecular complexity index is 1260. The minimum atomic E-state index is -0.0298. The van der Waals surface area contributed by atoms with Crippen molar-refractivity contribution in [1.29, 1.82) is 0 Å². The van der Waals surface area contributed by atoms with E-state index in [9.17, 15) is 9.59 Å². The van der Waals surface area contributed by atoms with E-state index < -0.39 is 0 Å². The molecule has 31 heavy (non-hydrogen) atoms. The van der Waals surface area contributed by atoms with Gasteiger partial charge in [-0.15, -0.1) is 21.5 Å². The first-order valence-corrected chi connectivity index (χ1v) is 11.5. The molecule has 0 spiro atoms. The summed E-state index contributed by atoms with van der Waals surface area (Å²) in [5, 5.41) is 13.6. The van der Waals surface area contributed by atoms with Crippen LogP contribution in [0.2, 0.25) is 0 Å². The molecule has 0 bridgehead atoms. The number of nitrogens with one attached hydrogen (secondary N) is 1. The number of benzene rings is 1. The second-order valence-electron chi connectivity index (χ2n) is 8.31. The van der Waals surface area contributed by atoms with Crippen LogP contribution in [-0.4, -0.2) is 31.6 Å². The summed E-state index contributed by atoms with van der Waals surface area (Å²) in [4.78, 5) is 25.4. The van der Waals surface area contributed by atoms with E-state index in [-0.39, 0.29) is 17.4 Å². The molecule has 0 saturated heterocycles. The Hall–Kier alpha value is -3.00. The molecule has 1 N–H and O–H groups in total. The zero-order valence-corrected chi connectivity index (χ0v) is 18.9. The molecule has 1 amide bonds. The van der Waals surface area contributed by atoms with Gasteiger partial charge in [-0.05, 0) is 28.8 Å². The zero-order valence-electron chi connectivity index (χ0n) is 18.0. The molecule has 0 fully saturated rings. The third-order valence-corrected chi connectivity index (χ3v) is 6.27. The van der Waals surface area contributed by atoms with Crippen molar-refractivity contribution in [3.63, 3.8) is 0 Å². The molecule has 4 aromatic rings. The maximum Gasteiger partial charge on any atom is 0.272 e. The first-order valence-electron chi connectivity index (χ1n) is 10.6. The lowest BCUT2D eigenvalue weighted by molar-refractivity contribution is -0.121. The number of hydrogen-bond donors (Lipinski definition) is 1. The Kier molecular flexibility index (Phi) is 6.18. The summed E-state index contributed by atoms with van der Waals surface area (Å²) >= 11 is 1.43. The van der Waals surface area contributed by atoms with Crippen molar-refractivity contribution in [2.45, 2.75) is 46.1 Å². The van der Waals surface area contributed by atoms with E-state index in [4.69, 9.17) is 0 Å². The minimum Gasteiger partial charge on any atom is -0.355 e. The fourth-order valence-electron chi connectivity index (χ4n) is 3.75. The van der Waals surface area contributed by atoms with E-state index in [0.717, 1.165) is 5.52 Å². The molecule has 3 aromatic heterocycles. The molecule has 1 atom stereocenters. The van der Waals surface area contributed by atoms with Gasteiger partial charge in [0.15, 0.2) is 0 Å². The van der Waals surface area contributed by atoms with Crippen molar-refractivity contribution >= 4 is 33.2 Å². The van der Waals surface area contributed by atoms with Crippen LogP contribution in [0, 0.1) is 5.92 Å². The number of hydrogen-bond acceptors (Lipinski definition) is 5. The number of carbonyl (C=O) groups excluding carboxylic acids is 1. The smallest absolute Gasteiger partial charge is 0.272 e. The maximum atomic E-state index is 12.9. The molecular weight excluding hydrogens is 410 g/mol. The third kappa shape index (κ3) is 4.39. The summed E-state index contributed by atoms with van der Waals surface area (Å²) in [5.41, 5.74) is 1.98. The third-order valence-electron chi connectivity index (χ3n) is 5.38. The Labute approximate surface area is 184 Å². The predicted octanol–water partition coefficient (Wildman–Crippen LogP) is 3.61. The van der Waals surface area contributed by atoms with Gasteiger partial charge < -0.3 is 5.32 Å². The average molecular weight is 438 g/mol. The van der Waals surface area contributed by atoms with Crippen LogP contribution in [0.5, 0.6) is 0 Å². The highest BCUT2D eigenvalue weighted by Crippen LogP contribution is 2.21. The van der Waals surface area contributed by atoms with Crippen LogP contribution in [0.3, 0.4) is 0 Å². The lowest BCUT2D eigenvalue weighted by Gasteiger charge is -2.13.